The Morgan fingerprint density at radius 2 is 1.00 bits per heavy atom. The van der Waals surface area contributed by atoms with Gasteiger partial charge in [-0.3, -0.25) is 0 Å². The summed E-state index contributed by atoms with van der Waals surface area (Å²) in [6.07, 6.45) is 0. The Labute approximate surface area is 68.0 Å². The normalized spacial score (nSPS) is 0. The van der Waals surface area contributed by atoms with E-state index in [2.05, 4.69) is 0 Å². The van der Waals surface area contributed by atoms with Crippen molar-refractivity contribution in [2.75, 3.05) is 0 Å². The van der Waals surface area contributed by atoms with Crippen LogP contribution in [-0.2, 0) is 19.5 Å². The van der Waals surface area contributed by atoms with Gasteiger partial charge >= 0.3 is 43.7 Å². The summed E-state index contributed by atoms with van der Waals surface area (Å²) >= 11 is 0. The van der Waals surface area contributed by atoms with E-state index in [1.54, 1.807) is 0 Å². The molecule has 0 bridgehead atoms. The molecule has 4 heavy (non-hydrogen) atoms. The molecule has 0 aliphatic carbocycles. The van der Waals surface area contributed by atoms with Gasteiger partial charge in [-0.15, -0.1) is 0 Å². The largest absolute Gasteiger partial charge is 0 e. The number of hydrogen-bond donors (Lipinski definition) is 0. The van der Waals surface area contributed by atoms with Crippen LogP contribution in [0.1, 0.15) is 0 Å². The van der Waals surface area contributed by atoms with Gasteiger partial charge in [-0.05, 0) is 0 Å². The molecule has 0 unspecified atom stereocenters. The van der Waals surface area contributed by atoms with Crippen molar-refractivity contribution in [1.29, 1.82) is 0 Å². The smallest absolute Gasteiger partial charge is 0 e. The number of hydrogen-bond acceptors (Lipinski definition) is 0. The Balaban J connectivity index is 0. The van der Waals surface area contributed by atoms with Gasteiger partial charge in [0.2, 0.25) is 0 Å². The molecular formula is H7GaOSnZn. The zero-order valence-electron chi connectivity index (χ0n) is 1.91. The summed E-state index contributed by atoms with van der Waals surface area (Å²) in [6, 6.07) is 0. The van der Waals surface area contributed by atoms with Gasteiger partial charge in [0.15, 0.2) is 0 Å². The van der Waals surface area contributed by atoms with Crippen molar-refractivity contribution in [2.45, 2.75) is 0 Å². The molecule has 2 radical (unpaired) electrons. The average Bonchev–Trinajstić information content (AvgIpc) is 0. The second kappa shape index (κ2) is 19.9. The first-order chi connectivity index (χ1) is 0. The predicted molar refractivity (Wildman–Crippen MR) is 22.1 cm³/mol. The van der Waals surface area contributed by atoms with Crippen LogP contribution < -0.4 is 0 Å². The third-order valence-corrected chi connectivity index (χ3v) is 0. The van der Waals surface area contributed by atoms with Crippen molar-refractivity contribution >= 4 is 43.7 Å². The molecule has 0 aromatic heterocycles. The molecular weight excluding hydrogens is 270 g/mol. The minimum absolute atomic E-state index is 0. The first kappa shape index (κ1) is 37.2. The van der Waals surface area contributed by atoms with Gasteiger partial charge in [-0.2, -0.15) is 0 Å². The van der Waals surface area contributed by atoms with Crippen molar-refractivity contribution in [2.24, 2.45) is 0 Å². The number of rotatable bonds is 0. The zero-order valence-corrected chi connectivity index (χ0v) is 8.92. The summed E-state index contributed by atoms with van der Waals surface area (Å²) in [5.74, 6) is 0. The van der Waals surface area contributed by atoms with Crippen molar-refractivity contribution in [3.8, 4) is 0 Å². The molecule has 4 heteroatoms. The van der Waals surface area contributed by atoms with Gasteiger partial charge in [-0.1, -0.05) is 0 Å². The van der Waals surface area contributed by atoms with E-state index in [9.17, 15) is 0 Å². The van der Waals surface area contributed by atoms with Crippen LogP contribution in [0.15, 0.2) is 0 Å². The Hall–Kier alpha value is 2.02. The molecule has 0 fully saturated rings. The maximum absolute atomic E-state index is 0. The van der Waals surface area contributed by atoms with Gasteiger partial charge in [0.05, 0.1) is 0 Å². The van der Waals surface area contributed by atoms with E-state index in [-0.39, 0.29) is 68.7 Å². The molecule has 0 rings (SSSR count). The first-order valence-electron chi connectivity index (χ1n) is 0. The van der Waals surface area contributed by atoms with Crippen molar-refractivity contribution in [1.82, 2.24) is 0 Å². The molecule has 0 aliphatic heterocycles. The maximum Gasteiger partial charge on any atom is 0 e. The summed E-state index contributed by atoms with van der Waals surface area (Å²) < 4.78 is 0. The van der Waals surface area contributed by atoms with Gasteiger partial charge in [0.25, 0.3) is 0 Å². The van der Waals surface area contributed by atoms with Gasteiger partial charge in [-0.25, -0.2) is 0 Å². The molecule has 0 aromatic carbocycles. The summed E-state index contributed by atoms with van der Waals surface area (Å²) in [5, 5.41) is 0. The molecule has 0 spiro atoms. The van der Waals surface area contributed by atoms with Crippen LogP contribution in [0.2, 0.25) is 0 Å². The summed E-state index contributed by atoms with van der Waals surface area (Å²) in [4.78, 5) is 0. The van der Waals surface area contributed by atoms with Crippen LogP contribution in [0, 0.1) is 0 Å². The Bertz CT molecular complexity index is 8.00. The summed E-state index contributed by atoms with van der Waals surface area (Å²) in [7, 11) is 0. The van der Waals surface area contributed by atoms with Gasteiger partial charge < -0.3 is 5.48 Å². The molecule has 1 nitrogen and oxygen atoms in total. The Morgan fingerprint density at radius 1 is 1.00 bits per heavy atom. The van der Waals surface area contributed by atoms with Crippen LogP contribution >= 0.6 is 0 Å². The SMILES string of the molecule is O.[GaH3].[SnH2].[Zn]. The molecule has 0 atom stereocenters. The molecule has 0 saturated heterocycles. The topological polar surface area (TPSA) is 31.5 Å². The minimum Gasteiger partial charge on any atom is 0 e. The van der Waals surface area contributed by atoms with Gasteiger partial charge in [0.1, 0.15) is 0 Å². The van der Waals surface area contributed by atoms with E-state index in [4.69, 9.17) is 0 Å². The van der Waals surface area contributed by atoms with Crippen molar-refractivity contribution in [3.05, 3.63) is 0 Å². The molecule has 0 saturated carbocycles. The monoisotopic (exact) mass is 276 g/mol. The van der Waals surface area contributed by atoms with E-state index in [0.717, 1.165) is 0 Å². The van der Waals surface area contributed by atoms with E-state index < -0.39 is 0 Å². The van der Waals surface area contributed by atoms with E-state index in [0.29, 0.717) is 0 Å². The fourth-order valence-electron chi connectivity index (χ4n) is 0. The second-order valence-corrected chi connectivity index (χ2v) is 0. The molecule has 0 aromatic rings. The van der Waals surface area contributed by atoms with Crippen molar-refractivity contribution in [3.63, 3.8) is 0 Å². The molecule has 0 aliphatic rings. The zero-order chi connectivity index (χ0) is 0. The van der Waals surface area contributed by atoms with E-state index in [1.807, 2.05) is 0 Å². The maximum atomic E-state index is 0. The second-order valence-electron chi connectivity index (χ2n) is 0. The summed E-state index contributed by atoms with van der Waals surface area (Å²) in [6.45, 7) is 0. The summed E-state index contributed by atoms with van der Waals surface area (Å²) in [5.41, 5.74) is 0. The van der Waals surface area contributed by atoms with Crippen LogP contribution in [0.4, 0.5) is 0 Å². The standard InChI is InChI=1S/Ga.H2O.Sn.Zn.5H/h;1H2;;;;;;;. The Kier molecular flexibility index (Phi) is 185. The Morgan fingerprint density at radius 3 is 1.00 bits per heavy atom. The van der Waals surface area contributed by atoms with Gasteiger partial charge in [0, 0.05) is 19.5 Å². The third kappa shape index (κ3) is 8.99. The third-order valence-electron chi connectivity index (χ3n) is 0. The predicted octanol–water partition coefficient (Wildman–Crippen LogP) is -2.93. The fourth-order valence-corrected chi connectivity index (χ4v) is 0. The molecule has 0 heterocycles. The fraction of sp³-hybridized carbons (Fsp3) is 0. The van der Waals surface area contributed by atoms with Crippen LogP contribution in [0.25, 0.3) is 0 Å². The quantitative estimate of drug-likeness (QED) is 0.425. The van der Waals surface area contributed by atoms with Crippen LogP contribution in [0.3, 0.4) is 0 Å². The minimum atomic E-state index is 0. The molecule has 2 N–H and O–H groups in total. The molecule has 22 valence electrons. The van der Waals surface area contributed by atoms with E-state index >= 15 is 0 Å². The van der Waals surface area contributed by atoms with Crippen molar-refractivity contribution < 1.29 is 25.0 Å². The van der Waals surface area contributed by atoms with Crippen LogP contribution in [-0.4, -0.2) is 49.2 Å². The average molecular weight is 277 g/mol. The van der Waals surface area contributed by atoms with E-state index in [1.165, 1.54) is 0 Å². The van der Waals surface area contributed by atoms with Crippen LogP contribution in [0.5, 0.6) is 0 Å². The first-order valence-corrected chi connectivity index (χ1v) is 0. The molecule has 0 amide bonds.